The summed E-state index contributed by atoms with van der Waals surface area (Å²) in [7, 11) is 0. The molecule has 0 aliphatic carbocycles. The van der Waals surface area contributed by atoms with E-state index in [1.807, 2.05) is 6.92 Å². The smallest absolute Gasteiger partial charge is 0.179 e. The molecule has 1 unspecified atom stereocenters. The molecule has 4 heteroatoms. The fourth-order valence-electron chi connectivity index (χ4n) is 1.35. The lowest BCUT2D eigenvalue weighted by Crippen LogP contribution is -2.30. The molecule has 1 rings (SSSR count). The van der Waals surface area contributed by atoms with Gasteiger partial charge in [-0.2, -0.15) is 0 Å². The molecular formula is C11H13F2NO. The van der Waals surface area contributed by atoms with Crippen LogP contribution in [-0.2, 0) is 0 Å². The van der Waals surface area contributed by atoms with Gasteiger partial charge in [-0.1, -0.05) is 13.3 Å². The van der Waals surface area contributed by atoms with Gasteiger partial charge in [0.1, 0.15) is 11.6 Å². The molecule has 0 heterocycles. The maximum absolute atomic E-state index is 12.8. The summed E-state index contributed by atoms with van der Waals surface area (Å²) in [6.07, 6.45) is 1.27. The minimum absolute atomic E-state index is 0.00606. The number of benzene rings is 1. The van der Waals surface area contributed by atoms with E-state index in [1.54, 1.807) is 0 Å². The van der Waals surface area contributed by atoms with E-state index in [9.17, 15) is 13.6 Å². The highest BCUT2D eigenvalue weighted by Gasteiger charge is 2.16. The Kier molecular flexibility index (Phi) is 3.91. The van der Waals surface area contributed by atoms with Gasteiger partial charge in [-0.05, 0) is 18.6 Å². The maximum Gasteiger partial charge on any atom is 0.179 e. The Morgan fingerprint density at radius 1 is 1.33 bits per heavy atom. The number of hydrogen-bond acceptors (Lipinski definition) is 2. The zero-order valence-corrected chi connectivity index (χ0v) is 8.47. The van der Waals surface area contributed by atoms with Gasteiger partial charge in [0.25, 0.3) is 0 Å². The van der Waals surface area contributed by atoms with E-state index in [1.165, 1.54) is 0 Å². The first-order chi connectivity index (χ1) is 7.04. The van der Waals surface area contributed by atoms with Gasteiger partial charge in [0.2, 0.25) is 0 Å². The van der Waals surface area contributed by atoms with Crippen LogP contribution in [0.15, 0.2) is 18.2 Å². The molecule has 1 aromatic carbocycles. The Morgan fingerprint density at radius 3 is 2.33 bits per heavy atom. The average Bonchev–Trinajstić information content (AvgIpc) is 2.15. The van der Waals surface area contributed by atoms with E-state index in [0.29, 0.717) is 6.42 Å². The molecule has 0 saturated heterocycles. The minimum Gasteiger partial charge on any atom is -0.321 e. The van der Waals surface area contributed by atoms with Gasteiger partial charge < -0.3 is 5.73 Å². The molecule has 0 fully saturated rings. The van der Waals surface area contributed by atoms with E-state index in [4.69, 9.17) is 5.73 Å². The average molecular weight is 213 g/mol. The molecule has 2 N–H and O–H groups in total. The Morgan fingerprint density at radius 2 is 1.87 bits per heavy atom. The van der Waals surface area contributed by atoms with Crippen LogP contribution in [0.5, 0.6) is 0 Å². The lowest BCUT2D eigenvalue weighted by Gasteiger charge is -2.09. The highest BCUT2D eigenvalue weighted by atomic mass is 19.1. The van der Waals surface area contributed by atoms with Crippen LogP contribution in [0.2, 0.25) is 0 Å². The number of carbonyl (C=O) groups is 1. The van der Waals surface area contributed by atoms with E-state index >= 15 is 0 Å². The van der Waals surface area contributed by atoms with Crippen LogP contribution in [0, 0.1) is 11.6 Å². The second-order valence-corrected chi connectivity index (χ2v) is 3.42. The highest BCUT2D eigenvalue weighted by Crippen LogP contribution is 2.11. The summed E-state index contributed by atoms with van der Waals surface area (Å²) in [6, 6.07) is 2.04. The van der Waals surface area contributed by atoms with Crippen LogP contribution >= 0.6 is 0 Å². The normalized spacial score (nSPS) is 12.5. The van der Waals surface area contributed by atoms with Crippen molar-refractivity contribution >= 4 is 5.78 Å². The van der Waals surface area contributed by atoms with Crippen molar-refractivity contribution in [2.75, 3.05) is 0 Å². The van der Waals surface area contributed by atoms with Crippen LogP contribution < -0.4 is 5.73 Å². The minimum atomic E-state index is -0.762. The third kappa shape index (κ3) is 3.09. The maximum atomic E-state index is 12.8. The molecule has 0 spiro atoms. The van der Waals surface area contributed by atoms with Crippen LogP contribution in [0.3, 0.4) is 0 Å². The number of Topliss-reactive ketones (excluding diaryl/α,β-unsaturated/α-hetero) is 1. The van der Waals surface area contributed by atoms with Gasteiger partial charge in [0.05, 0.1) is 6.04 Å². The predicted molar refractivity (Wildman–Crippen MR) is 53.6 cm³/mol. The van der Waals surface area contributed by atoms with Gasteiger partial charge in [0, 0.05) is 11.6 Å². The van der Waals surface area contributed by atoms with Crippen molar-refractivity contribution in [1.82, 2.24) is 0 Å². The van der Waals surface area contributed by atoms with Crippen LogP contribution in [-0.4, -0.2) is 11.8 Å². The Labute approximate surface area is 87.1 Å². The second-order valence-electron chi connectivity index (χ2n) is 3.42. The van der Waals surface area contributed by atoms with Gasteiger partial charge >= 0.3 is 0 Å². The molecule has 1 atom stereocenters. The first-order valence-electron chi connectivity index (χ1n) is 4.80. The molecule has 0 radical (unpaired) electrons. The highest BCUT2D eigenvalue weighted by molar-refractivity contribution is 5.99. The van der Waals surface area contributed by atoms with Crippen molar-refractivity contribution in [2.24, 2.45) is 5.73 Å². The molecule has 0 amide bonds. The summed E-state index contributed by atoms with van der Waals surface area (Å²) < 4.78 is 25.6. The van der Waals surface area contributed by atoms with E-state index < -0.39 is 23.5 Å². The molecule has 15 heavy (non-hydrogen) atoms. The number of hydrogen-bond donors (Lipinski definition) is 1. The molecule has 0 aliphatic rings. The second kappa shape index (κ2) is 4.98. The van der Waals surface area contributed by atoms with Crippen LogP contribution in [0.25, 0.3) is 0 Å². The van der Waals surface area contributed by atoms with Crippen molar-refractivity contribution in [2.45, 2.75) is 25.8 Å². The summed E-state index contributed by atoms with van der Waals surface area (Å²) in [5.41, 5.74) is 5.56. The Hall–Kier alpha value is -1.29. The van der Waals surface area contributed by atoms with Gasteiger partial charge in [-0.25, -0.2) is 8.78 Å². The van der Waals surface area contributed by atoms with E-state index in [2.05, 4.69) is 0 Å². The summed E-state index contributed by atoms with van der Waals surface area (Å²) >= 11 is 0. The molecule has 0 aromatic heterocycles. The van der Waals surface area contributed by atoms with Crippen LogP contribution in [0.4, 0.5) is 8.78 Å². The van der Waals surface area contributed by atoms with E-state index in [-0.39, 0.29) is 5.56 Å². The monoisotopic (exact) mass is 213 g/mol. The van der Waals surface area contributed by atoms with Crippen LogP contribution in [0.1, 0.15) is 30.1 Å². The number of halogens is 2. The Balaban J connectivity index is 2.90. The van der Waals surface area contributed by atoms with Crippen molar-refractivity contribution in [3.8, 4) is 0 Å². The first kappa shape index (κ1) is 11.8. The number of ketones is 1. The SMILES string of the molecule is CCCC(N)C(=O)c1cc(F)cc(F)c1. The Bertz CT molecular complexity index is 345. The predicted octanol–water partition coefficient (Wildman–Crippen LogP) is 2.27. The van der Waals surface area contributed by atoms with Gasteiger partial charge in [-0.3, -0.25) is 4.79 Å². The first-order valence-corrected chi connectivity index (χ1v) is 4.80. The summed E-state index contributed by atoms with van der Waals surface area (Å²) in [4.78, 5) is 11.6. The molecule has 1 aromatic rings. The number of rotatable bonds is 4. The molecule has 0 bridgehead atoms. The standard InChI is InChI=1S/C11H13F2NO/c1-2-3-10(14)11(15)7-4-8(12)6-9(13)5-7/h4-6,10H,2-3,14H2,1H3. The number of carbonyl (C=O) groups excluding carboxylic acids is 1. The molecule has 0 aliphatic heterocycles. The third-order valence-electron chi connectivity index (χ3n) is 2.08. The van der Waals surface area contributed by atoms with Gasteiger partial charge in [-0.15, -0.1) is 0 Å². The lowest BCUT2D eigenvalue weighted by atomic mass is 10.0. The summed E-state index contributed by atoms with van der Waals surface area (Å²) in [6.45, 7) is 1.89. The molecule has 2 nitrogen and oxygen atoms in total. The summed E-state index contributed by atoms with van der Waals surface area (Å²) in [5, 5.41) is 0. The summed E-state index contributed by atoms with van der Waals surface area (Å²) in [5.74, 6) is -1.95. The fourth-order valence-corrected chi connectivity index (χ4v) is 1.35. The molecule has 82 valence electrons. The van der Waals surface area contributed by atoms with Crippen molar-refractivity contribution in [3.63, 3.8) is 0 Å². The third-order valence-corrected chi connectivity index (χ3v) is 2.08. The quantitative estimate of drug-likeness (QED) is 0.779. The zero-order chi connectivity index (χ0) is 11.4. The zero-order valence-electron chi connectivity index (χ0n) is 8.47. The molecule has 0 saturated carbocycles. The fraction of sp³-hybridized carbons (Fsp3) is 0.364. The topological polar surface area (TPSA) is 43.1 Å². The van der Waals surface area contributed by atoms with Gasteiger partial charge in [0.15, 0.2) is 5.78 Å². The number of nitrogens with two attached hydrogens (primary N) is 1. The molecular weight excluding hydrogens is 200 g/mol. The lowest BCUT2D eigenvalue weighted by molar-refractivity contribution is 0.0956. The van der Waals surface area contributed by atoms with Crippen molar-refractivity contribution < 1.29 is 13.6 Å². The van der Waals surface area contributed by atoms with Crippen molar-refractivity contribution in [3.05, 3.63) is 35.4 Å². The van der Waals surface area contributed by atoms with E-state index in [0.717, 1.165) is 24.6 Å². The largest absolute Gasteiger partial charge is 0.321 e. The van der Waals surface area contributed by atoms with Crippen molar-refractivity contribution in [1.29, 1.82) is 0 Å².